The average Bonchev–Trinajstić information content (AvgIpc) is 2.73. The molecule has 1 saturated heterocycles. The smallest absolute Gasteiger partial charge is 0.272 e. The Labute approximate surface area is 126 Å². The molecule has 8 heteroatoms. The molecule has 0 aliphatic carbocycles. The first kappa shape index (κ1) is 14.7. The summed E-state index contributed by atoms with van der Waals surface area (Å²) in [5.74, 6) is -0.525. The molecule has 7 nitrogen and oxygen atoms in total. The molecule has 1 amide bonds. The van der Waals surface area contributed by atoms with E-state index in [1.165, 1.54) is 0 Å². The maximum absolute atomic E-state index is 12.5. The summed E-state index contributed by atoms with van der Waals surface area (Å²) in [6, 6.07) is 6.65. The third-order valence-electron chi connectivity index (χ3n) is 3.83. The maximum Gasteiger partial charge on any atom is 0.272 e. The summed E-state index contributed by atoms with van der Waals surface area (Å²) in [5.41, 5.74) is -1.10. The summed E-state index contributed by atoms with van der Waals surface area (Å²) in [4.78, 5) is 24.2. The fourth-order valence-corrected chi connectivity index (χ4v) is 4.82. The third kappa shape index (κ3) is 2.61. The van der Waals surface area contributed by atoms with Crippen LogP contribution in [0.4, 0.5) is 0 Å². The lowest BCUT2D eigenvalue weighted by Gasteiger charge is -2.23. The third-order valence-corrected chi connectivity index (χ3v) is 5.73. The van der Waals surface area contributed by atoms with Crippen molar-refractivity contribution in [2.75, 3.05) is 11.5 Å². The number of nitrogens with one attached hydrogen (secondary N) is 2. The number of sulfone groups is 1. The Balaban J connectivity index is 1.97. The average molecular weight is 321 g/mol. The van der Waals surface area contributed by atoms with Crippen molar-refractivity contribution in [2.45, 2.75) is 18.9 Å². The Morgan fingerprint density at radius 2 is 2.00 bits per heavy atom. The van der Waals surface area contributed by atoms with Crippen LogP contribution in [-0.4, -0.2) is 41.6 Å². The van der Waals surface area contributed by atoms with Gasteiger partial charge in [-0.2, -0.15) is 5.10 Å². The van der Waals surface area contributed by atoms with Crippen molar-refractivity contribution in [2.24, 2.45) is 0 Å². The molecule has 2 aromatic rings. The lowest BCUT2D eigenvalue weighted by molar-refractivity contribution is 0.0911. The van der Waals surface area contributed by atoms with Crippen LogP contribution in [-0.2, 0) is 9.84 Å². The van der Waals surface area contributed by atoms with Crippen molar-refractivity contribution < 1.29 is 13.2 Å². The van der Waals surface area contributed by atoms with Crippen LogP contribution in [0.3, 0.4) is 0 Å². The number of amides is 1. The van der Waals surface area contributed by atoms with Crippen LogP contribution in [0.5, 0.6) is 0 Å². The van der Waals surface area contributed by atoms with Crippen molar-refractivity contribution in [3.05, 3.63) is 40.3 Å². The van der Waals surface area contributed by atoms with Crippen molar-refractivity contribution in [1.29, 1.82) is 0 Å². The molecule has 1 fully saturated rings. The van der Waals surface area contributed by atoms with Crippen LogP contribution in [0.1, 0.15) is 23.8 Å². The highest BCUT2D eigenvalue weighted by Crippen LogP contribution is 2.23. The molecule has 1 aliphatic heterocycles. The first-order valence-corrected chi connectivity index (χ1v) is 8.62. The number of H-pyrrole nitrogens is 1. The molecule has 0 bridgehead atoms. The van der Waals surface area contributed by atoms with Gasteiger partial charge in [0.25, 0.3) is 11.5 Å². The fourth-order valence-electron chi connectivity index (χ4n) is 2.73. The van der Waals surface area contributed by atoms with Crippen LogP contribution in [0.2, 0.25) is 0 Å². The van der Waals surface area contributed by atoms with Crippen LogP contribution < -0.4 is 10.9 Å². The SMILES string of the molecule is C[C@]1(NC(=O)c2n[nH]c(=O)c3ccccc23)CCS(=O)(=O)C1. The van der Waals surface area contributed by atoms with E-state index in [0.29, 0.717) is 17.2 Å². The number of nitrogens with zero attached hydrogens (tertiary/aromatic N) is 1. The van der Waals surface area contributed by atoms with Gasteiger partial charge in [0.1, 0.15) is 0 Å². The minimum atomic E-state index is -3.12. The predicted molar refractivity (Wildman–Crippen MR) is 81.5 cm³/mol. The van der Waals surface area contributed by atoms with Crippen molar-refractivity contribution >= 4 is 26.5 Å². The Bertz CT molecular complexity index is 919. The van der Waals surface area contributed by atoms with E-state index in [2.05, 4.69) is 15.5 Å². The van der Waals surface area contributed by atoms with Gasteiger partial charge in [0.2, 0.25) is 0 Å². The van der Waals surface area contributed by atoms with E-state index in [4.69, 9.17) is 0 Å². The minimum absolute atomic E-state index is 0.0591. The molecule has 1 aromatic heterocycles. The van der Waals surface area contributed by atoms with E-state index in [-0.39, 0.29) is 22.8 Å². The normalized spacial score (nSPS) is 23.5. The van der Waals surface area contributed by atoms with Gasteiger partial charge in [-0.3, -0.25) is 9.59 Å². The predicted octanol–water partition coefficient (Wildman–Crippen LogP) is 0.230. The lowest BCUT2D eigenvalue weighted by atomic mass is 10.0. The second-order valence-electron chi connectivity index (χ2n) is 5.80. The summed E-state index contributed by atoms with van der Waals surface area (Å²) in [7, 11) is -3.12. The van der Waals surface area contributed by atoms with Crippen molar-refractivity contribution in [1.82, 2.24) is 15.5 Å². The number of hydrogen-bond donors (Lipinski definition) is 2. The number of aromatic amines is 1. The first-order valence-electron chi connectivity index (χ1n) is 6.80. The topological polar surface area (TPSA) is 109 Å². The van der Waals surface area contributed by atoms with Crippen LogP contribution in [0, 0.1) is 0 Å². The van der Waals surface area contributed by atoms with Gasteiger partial charge in [0.15, 0.2) is 15.5 Å². The molecule has 1 aromatic carbocycles. The van der Waals surface area contributed by atoms with Gasteiger partial charge in [0, 0.05) is 5.39 Å². The summed E-state index contributed by atoms with van der Waals surface area (Å²) in [6.07, 6.45) is 0.363. The van der Waals surface area contributed by atoms with Crippen LogP contribution in [0.25, 0.3) is 10.8 Å². The second-order valence-corrected chi connectivity index (χ2v) is 7.99. The van der Waals surface area contributed by atoms with Crippen LogP contribution >= 0.6 is 0 Å². The first-order chi connectivity index (χ1) is 10.3. The molecule has 1 atom stereocenters. The highest BCUT2D eigenvalue weighted by atomic mass is 32.2. The van der Waals surface area contributed by atoms with E-state index in [1.54, 1.807) is 31.2 Å². The van der Waals surface area contributed by atoms with Crippen molar-refractivity contribution in [3.63, 3.8) is 0 Å². The van der Waals surface area contributed by atoms with Gasteiger partial charge < -0.3 is 5.32 Å². The number of benzene rings is 1. The zero-order valence-electron chi connectivity index (χ0n) is 11.9. The van der Waals surface area contributed by atoms with Crippen molar-refractivity contribution in [3.8, 4) is 0 Å². The molecule has 0 spiro atoms. The summed E-state index contributed by atoms with van der Waals surface area (Å²) >= 11 is 0. The van der Waals surface area contributed by atoms with E-state index in [1.807, 2.05) is 0 Å². The molecule has 3 rings (SSSR count). The molecular weight excluding hydrogens is 306 g/mol. The quantitative estimate of drug-likeness (QED) is 0.823. The lowest BCUT2D eigenvalue weighted by Crippen LogP contribution is -2.47. The van der Waals surface area contributed by atoms with E-state index in [9.17, 15) is 18.0 Å². The summed E-state index contributed by atoms with van der Waals surface area (Å²) in [5, 5.41) is 9.65. The summed E-state index contributed by atoms with van der Waals surface area (Å²) in [6.45, 7) is 1.70. The number of rotatable bonds is 2. The van der Waals surface area contributed by atoms with Gasteiger partial charge in [-0.1, -0.05) is 18.2 Å². The molecule has 0 unspecified atom stereocenters. The molecule has 2 N–H and O–H groups in total. The number of fused-ring (bicyclic) bond motifs is 1. The van der Waals surface area contributed by atoms with Gasteiger partial charge in [-0.05, 0) is 19.4 Å². The fraction of sp³-hybridized carbons (Fsp3) is 0.357. The number of carbonyl (C=O) groups is 1. The van der Waals surface area contributed by atoms with E-state index < -0.39 is 21.3 Å². The van der Waals surface area contributed by atoms with E-state index >= 15 is 0 Å². The summed E-state index contributed by atoms with van der Waals surface area (Å²) < 4.78 is 23.2. The number of hydrogen-bond acceptors (Lipinski definition) is 5. The largest absolute Gasteiger partial charge is 0.344 e. The number of carbonyl (C=O) groups excluding carboxylic acids is 1. The van der Waals surface area contributed by atoms with Gasteiger partial charge in [0.05, 0.1) is 22.4 Å². The highest BCUT2D eigenvalue weighted by molar-refractivity contribution is 7.91. The molecule has 0 radical (unpaired) electrons. The molecular formula is C14H15N3O4S. The zero-order valence-corrected chi connectivity index (χ0v) is 12.7. The standard InChI is InChI=1S/C14H15N3O4S/c1-14(6-7-22(20,21)8-14)15-13(19)11-9-4-2-3-5-10(9)12(18)17-16-11/h2-5H,6-8H2,1H3,(H,15,19)(H,17,18)/t14-/m0/s1. The van der Waals surface area contributed by atoms with Crippen LogP contribution in [0.15, 0.2) is 29.1 Å². The number of aromatic nitrogens is 2. The van der Waals surface area contributed by atoms with E-state index in [0.717, 1.165) is 0 Å². The second kappa shape index (κ2) is 4.91. The molecule has 1 aliphatic rings. The van der Waals surface area contributed by atoms with Gasteiger partial charge in [-0.25, -0.2) is 13.5 Å². The zero-order chi connectivity index (χ0) is 16.0. The Morgan fingerprint density at radius 1 is 1.32 bits per heavy atom. The Morgan fingerprint density at radius 3 is 2.64 bits per heavy atom. The Hall–Kier alpha value is -2.22. The molecule has 22 heavy (non-hydrogen) atoms. The maximum atomic E-state index is 12.5. The monoisotopic (exact) mass is 321 g/mol. The molecule has 0 saturated carbocycles. The highest BCUT2D eigenvalue weighted by Gasteiger charge is 2.40. The van der Waals surface area contributed by atoms with Gasteiger partial charge >= 0.3 is 0 Å². The Kier molecular flexibility index (Phi) is 3.28. The van der Waals surface area contributed by atoms with Gasteiger partial charge in [-0.15, -0.1) is 0 Å². The minimum Gasteiger partial charge on any atom is -0.344 e. The molecule has 116 valence electrons. The molecule has 2 heterocycles.